The summed E-state index contributed by atoms with van der Waals surface area (Å²) in [5, 5.41) is 0.605. The highest BCUT2D eigenvalue weighted by Gasteiger charge is 2.50. The molecule has 0 atom stereocenters. The SMILES string of the molecule is COc1cc2nc(CN3CCOCC3)n(CCC34CC5CC(CC(C5)C3)C4)c(=O)c2cc1OC. The molecule has 2 heterocycles. The Bertz CT molecular complexity index is 1090. The Hall–Kier alpha value is -2.12. The van der Waals surface area contributed by atoms with E-state index < -0.39 is 0 Å². The number of hydrogen-bond acceptors (Lipinski definition) is 6. The van der Waals surface area contributed by atoms with Gasteiger partial charge in [-0.25, -0.2) is 4.98 Å². The van der Waals surface area contributed by atoms with Crippen LogP contribution < -0.4 is 15.0 Å². The summed E-state index contributed by atoms with van der Waals surface area (Å²) in [5.41, 5.74) is 1.15. The van der Waals surface area contributed by atoms with Gasteiger partial charge in [0, 0.05) is 25.7 Å². The van der Waals surface area contributed by atoms with Crippen LogP contribution in [0.1, 0.15) is 50.8 Å². The van der Waals surface area contributed by atoms with Crippen LogP contribution >= 0.6 is 0 Å². The number of aromatic nitrogens is 2. The van der Waals surface area contributed by atoms with E-state index in [2.05, 4.69) is 4.90 Å². The summed E-state index contributed by atoms with van der Waals surface area (Å²) in [5.74, 6) is 4.79. The predicted molar refractivity (Wildman–Crippen MR) is 130 cm³/mol. The van der Waals surface area contributed by atoms with Crippen molar-refractivity contribution < 1.29 is 14.2 Å². The van der Waals surface area contributed by atoms with Crippen LogP contribution in [0.15, 0.2) is 16.9 Å². The maximum atomic E-state index is 13.9. The third-order valence-corrected chi connectivity index (χ3v) is 9.04. The monoisotopic (exact) mass is 467 g/mol. The maximum Gasteiger partial charge on any atom is 0.261 e. The van der Waals surface area contributed by atoms with Gasteiger partial charge in [0.2, 0.25) is 0 Å². The van der Waals surface area contributed by atoms with Crippen molar-refractivity contribution in [1.82, 2.24) is 14.5 Å². The first-order chi connectivity index (χ1) is 16.6. The van der Waals surface area contributed by atoms with E-state index in [1.165, 1.54) is 38.5 Å². The molecule has 2 aromatic rings. The second kappa shape index (κ2) is 8.83. The van der Waals surface area contributed by atoms with Crippen LogP contribution in [0.3, 0.4) is 0 Å². The molecule has 34 heavy (non-hydrogen) atoms. The van der Waals surface area contributed by atoms with Gasteiger partial charge in [-0.3, -0.25) is 14.3 Å². The van der Waals surface area contributed by atoms with Gasteiger partial charge in [-0.1, -0.05) is 0 Å². The molecule has 4 bridgehead atoms. The Morgan fingerprint density at radius 1 is 1.00 bits per heavy atom. The maximum absolute atomic E-state index is 13.9. The highest BCUT2D eigenvalue weighted by molar-refractivity contribution is 5.82. The quantitative estimate of drug-likeness (QED) is 0.616. The fourth-order valence-electron chi connectivity index (χ4n) is 7.85. The molecular weight excluding hydrogens is 430 g/mol. The van der Waals surface area contributed by atoms with E-state index in [1.54, 1.807) is 20.3 Å². The first-order valence-corrected chi connectivity index (χ1v) is 13.0. The van der Waals surface area contributed by atoms with Crippen LogP contribution in [0.5, 0.6) is 11.5 Å². The number of hydrogen-bond donors (Lipinski definition) is 0. The van der Waals surface area contributed by atoms with Crippen molar-refractivity contribution >= 4 is 10.9 Å². The van der Waals surface area contributed by atoms with Crippen LogP contribution in [-0.2, 0) is 17.8 Å². The third kappa shape index (κ3) is 4.01. The Kier molecular flexibility index (Phi) is 5.80. The van der Waals surface area contributed by atoms with Gasteiger partial charge in [0.25, 0.3) is 5.56 Å². The molecule has 1 aromatic carbocycles. The molecule has 0 radical (unpaired) electrons. The van der Waals surface area contributed by atoms with Gasteiger partial charge in [-0.2, -0.15) is 0 Å². The summed E-state index contributed by atoms with van der Waals surface area (Å²) >= 11 is 0. The normalized spacial score (nSPS) is 30.7. The summed E-state index contributed by atoms with van der Waals surface area (Å²) < 4.78 is 18.5. The van der Waals surface area contributed by atoms with Crippen LogP contribution in [-0.4, -0.2) is 55.0 Å². The number of methoxy groups -OCH3 is 2. The lowest BCUT2D eigenvalue weighted by Crippen LogP contribution is -2.46. The van der Waals surface area contributed by atoms with Gasteiger partial charge >= 0.3 is 0 Å². The molecule has 0 N–H and O–H groups in total. The first kappa shape index (κ1) is 22.4. The highest BCUT2D eigenvalue weighted by Crippen LogP contribution is 2.61. The second-order valence-electron chi connectivity index (χ2n) is 11.3. The van der Waals surface area contributed by atoms with Crippen molar-refractivity contribution in [2.45, 2.75) is 58.0 Å². The number of fused-ring (bicyclic) bond motifs is 1. The fourth-order valence-corrected chi connectivity index (χ4v) is 7.85. The molecule has 4 saturated carbocycles. The Morgan fingerprint density at radius 3 is 2.24 bits per heavy atom. The largest absolute Gasteiger partial charge is 0.493 e. The van der Waals surface area contributed by atoms with Crippen LogP contribution in [0.4, 0.5) is 0 Å². The molecule has 7 rings (SSSR count). The van der Waals surface area contributed by atoms with E-state index in [1.807, 2.05) is 10.6 Å². The zero-order valence-corrected chi connectivity index (χ0v) is 20.6. The van der Waals surface area contributed by atoms with E-state index >= 15 is 0 Å². The number of ether oxygens (including phenoxy) is 3. The van der Waals surface area contributed by atoms with Crippen molar-refractivity contribution in [1.29, 1.82) is 0 Å². The Morgan fingerprint density at radius 2 is 1.62 bits per heavy atom. The minimum Gasteiger partial charge on any atom is -0.493 e. The molecule has 7 nitrogen and oxygen atoms in total. The molecule has 1 aromatic heterocycles. The fraction of sp³-hybridized carbons (Fsp3) is 0.704. The van der Waals surface area contributed by atoms with Crippen molar-refractivity contribution in [2.24, 2.45) is 23.2 Å². The molecule has 5 fully saturated rings. The third-order valence-electron chi connectivity index (χ3n) is 9.04. The van der Waals surface area contributed by atoms with Gasteiger partial charge in [-0.05, 0) is 74.2 Å². The Balaban J connectivity index is 1.36. The van der Waals surface area contributed by atoms with E-state index in [9.17, 15) is 4.79 Å². The lowest BCUT2D eigenvalue weighted by atomic mass is 9.49. The van der Waals surface area contributed by atoms with E-state index in [4.69, 9.17) is 19.2 Å². The molecule has 4 aliphatic carbocycles. The lowest BCUT2D eigenvalue weighted by Gasteiger charge is -2.57. The first-order valence-electron chi connectivity index (χ1n) is 13.0. The van der Waals surface area contributed by atoms with Crippen molar-refractivity contribution in [2.75, 3.05) is 40.5 Å². The van der Waals surface area contributed by atoms with Crippen molar-refractivity contribution in [3.8, 4) is 11.5 Å². The minimum atomic E-state index is 0.0407. The molecule has 7 heteroatoms. The molecule has 0 unspecified atom stereocenters. The number of morpholine rings is 1. The van der Waals surface area contributed by atoms with E-state index in [0.29, 0.717) is 34.4 Å². The average molecular weight is 468 g/mol. The predicted octanol–water partition coefficient (Wildman–Crippen LogP) is 3.85. The van der Waals surface area contributed by atoms with Gasteiger partial charge < -0.3 is 14.2 Å². The lowest BCUT2D eigenvalue weighted by molar-refractivity contribution is -0.0594. The highest BCUT2D eigenvalue weighted by atomic mass is 16.5. The van der Waals surface area contributed by atoms with E-state index in [0.717, 1.165) is 62.8 Å². The molecule has 0 amide bonds. The van der Waals surface area contributed by atoms with Gasteiger partial charge in [0.05, 0.1) is 44.9 Å². The van der Waals surface area contributed by atoms with E-state index in [-0.39, 0.29) is 5.56 Å². The summed E-state index contributed by atoms with van der Waals surface area (Å²) in [6.07, 6.45) is 9.50. The van der Waals surface area contributed by atoms with Crippen LogP contribution in [0, 0.1) is 23.2 Å². The molecule has 1 aliphatic heterocycles. The summed E-state index contributed by atoms with van der Waals surface area (Å²) in [6.45, 7) is 4.63. The minimum absolute atomic E-state index is 0.0407. The topological polar surface area (TPSA) is 65.8 Å². The summed E-state index contributed by atoms with van der Waals surface area (Å²) in [6, 6.07) is 3.63. The second-order valence-corrected chi connectivity index (χ2v) is 11.3. The molecule has 0 spiro atoms. The zero-order valence-electron chi connectivity index (χ0n) is 20.6. The number of nitrogens with zero attached hydrogens (tertiary/aromatic N) is 3. The van der Waals surface area contributed by atoms with Gasteiger partial charge in [0.15, 0.2) is 11.5 Å². The molecule has 184 valence electrons. The van der Waals surface area contributed by atoms with Gasteiger partial charge in [0.1, 0.15) is 5.82 Å². The molecule has 1 saturated heterocycles. The van der Waals surface area contributed by atoms with Crippen molar-refractivity contribution in [3.05, 3.63) is 28.3 Å². The Labute approximate surface area is 201 Å². The van der Waals surface area contributed by atoms with Crippen LogP contribution in [0.2, 0.25) is 0 Å². The number of rotatable bonds is 7. The molecular formula is C27H37N3O4. The smallest absolute Gasteiger partial charge is 0.261 e. The van der Waals surface area contributed by atoms with Crippen molar-refractivity contribution in [3.63, 3.8) is 0 Å². The summed E-state index contributed by atoms with van der Waals surface area (Å²) in [7, 11) is 3.22. The summed E-state index contributed by atoms with van der Waals surface area (Å²) in [4.78, 5) is 21.2. The average Bonchev–Trinajstić information content (AvgIpc) is 2.83. The van der Waals surface area contributed by atoms with Crippen LogP contribution in [0.25, 0.3) is 10.9 Å². The van der Waals surface area contributed by atoms with Gasteiger partial charge in [-0.15, -0.1) is 0 Å². The standard InChI is InChI=1S/C27H37N3O4/c1-32-23-12-21-22(13-24(23)33-2)28-25(17-29-5-7-34-8-6-29)30(26(21)31)4-3-27-14-18-9-19(15-27)11-20(10-18)16-27/h12-13,18-20H,3-11,14-17H2,1-2H3. The number of benzene rings is 1. The molecule has 5 aliphatic rings. The zero-order chi connectivity index (χ0) is 23.3.